The van der Waals surface area contributed by atoms with Gasteiger partial charge in [-0.1, -0.05) is 6.07 Å². The molecule has 0 aliphatic carbocycles. The molecule has 1 atom stereocenters. The number of alkyl halides is 3. The fourth-order valence-electron chi connectivity index (χ4n) is 2.18. The van der Waals surface area contributed by atoms with Gasteiger partial charge < -0.3 is 5.11 Å². The van der Waals surface area contributed by atoms with E-state index in [9.17, 15) is 23.1 Å². The van der Waals surface area contributed by atoms with Crippen molar-refractivity contribution in [3.63, 3.8) is 0 Å². The Morgan fingerprint density at radius 3 is 2.57 bits per heavy atom. The van der Waals surface area contributed by atoms with Gasteiger partial charge in [0, 0.05) is 18.0 Å². The van der Waals surface area contributed by atoms with Crippen LogP contribution in [0.3, 0.4) is 0 Å². The van der Waals surface area contributed by atoms with Crippen molar-refractivity contribution in [2.24, 2.45) is 5.10 Å². The van der Waals surface area contributed by atoms with Gasteiger partial charge in [0.2, 0.25) is 0 Å². The lowest BCUT2D eigenvalue weighted by Crippen LogP contribution is -2.56. The molecular formula is C14H10F3N3O2S. The molecule has 1 N–H and O–H groups in total. The number of nitrogens with zero attached hydrogens (tertiary/aromatic N) is 3. The number of aliphatic hydroxyl groups is 1. The summed E-state index contributed by atoms with van der Waals surface area (Å²) >= 11 is 1.18. The number of hydrogen-bond donors (Lipinski definition) is 1. The average molecular weight is 341 g/mol. The first-order chi connectivity index (χ1) is 10.8. The maximum Gasteiger partial charge on any atom is 0.438 e. The first-order valence-corrected chi connectivity index (χ1v) is 7.36. The van der Waals surface area contributed by atoms with Crippen LogP contribution in [0.15, 0.2) is 47.1 Å². The van der Waals surface area contributed by atoms with Crippen molar-refractivity contribution in [3.05, 3.63) is 52.5 Å². The van der Waals surface area contributed by atoms with Crippen LogP contribution in [0, 0.1) is 0 Å². The van der Waals surface area contributed by atoms with Crippen LogP contribution in [0.25, 0.3) is 0 Å². The van der Waals surface area contributed by atoms with E-state index in [4.69, 9.17) is 0 Å². The Balaban J connectivity index is 2.04. The minimum absolute atomic E-state index is 0.0160. The van der Waals surface area contributed by atoms with Crippen LogP contribution in [0.4, 0.5) is 13.2 Å². The zero-order valence-corrected chi connectivity index (χ0v) is 12.3. The molecule has 9 heteroatoms. The summed E-state index contributed by atoms with van der Waals surface area (Å²) < 4.78 is 40.1. The Hall–Kier alpha value is -2.26. The molecule has 1 unspecified atom stereocenters. The lowest BCUT2D eigenvalue weighted by Gasteiger charge is -2.32. The van der Waals surface area contributed by atoms with Gasteiger partial charge in [0.15, 0.2) is 0 Å². The fraction of sp³-hybridized carbons (Fsp3) is 0.214. The van der Waals surface area contributed by atoms with E-state index in [1.165, 1.54) is 35.9 Å². The molecule has 0 saturated heterocycles. The summed E-state index contributed by atoms with van der Waals surface area (Å²) in [5.74, 6) is -1.04. The minimum atomic E-state index is -5.04. The normalized spacial score (nSPS) is 21.4. The lowest BCUT2D eigenvalue weighted by atomic mass is 10.0. The average Bonchev–Trinajstić information content (AvgIpc) is 3.15. The van der Waals surface area contributed by atoms with E-state index >= 15 is 0 Å². The van der Waals surface area contributed by atoms with Crippen LogP contribution in [0.1, 0.15) is 21.7 Å². The van der Waals surface area contributed by atoms with Gasteiger partial charge >= 0.3 is 6.18 Å². The van der Waals surface area contributed by atoms with Gasteiger partial charge in [0.1, 0.15) is 0 Å². The van der Waals surface area contributed by atoms with Crippen molar-refractivity contribution < 1.29 is 23.1 Å². The Kier molecular flexibility index (Phi) is 3.69. The van der Waals surface area contributed by atoms with Crippen molar-refractivity contribution in [1.29, 1.82) is 0 Å². The maximum absolute atomic E-state index is 13.4. The fourth-order valence-corrected chi connectivity index (χ4v) is 2.89. The third-order valence-electron chi connectivity index (χ3n) is 3.36. The Morgan fingerprint density at radius 1 is 1.30 bits per heavy atom. The highest BCUT2D eigenvalue weighted by atomic mass is 32.1. The number of carbonyl (C=O) groups excluding carboxylic acids is 1. The SMILES string of the molecule is O=C(c1ccncc1)N1N=C(c2cccs2)CC1(O)C(F)(F)F. The largest absolute Gasteiger partial charge is 0.438 e. The molecule has 2 aromatic heterocycles. The highest BCUT2D eigenvalue weighted by molar-refractivity contribution is 7.12. The third kappa shape index (κ3) is 2.62. The molecule has 3 heterocycles. The zero-order chi connectivity index (χ0) is 16.7. The molecule has 0 bridgehead atoms. The lowest BCUT2D eigenvalue weighted by molar-refractivity contribution is -0.297. The summed E-state index contributed by atoms with van der Waals surface area (Å²) in [5, 5.41) is 15.7. The summed E-state index contributed by atoms with van der Waals surface area (Å²) in [6.07, 6.45) is -3.30. The quantitative estimate of drug-likeness (QED) is 0.913. The summed E-state index contributed by atoms with van der Waals surface area (Å²) in [4.78, 5) is 16.5. The summed E-state index contributed by atoms with van der Waals surface area (Å²) in [6, 6.07) is 5.76. The van der Waals surface area contributed by atoms with Gasteiger partial charge in [0.25, 0.3) is 11.6 Å². The highest BCUT2D eigenvalue weighted by Gasteiger charge is 2.63. The third-order valence-corrected chi connectivity index (χ3v) is 4.28. The molecule has 1 aliphatic heterocycles. The van der Waals surface area contributed by atoms with Crippen LogP contribution in [0.2, 0.25) is 0 Å². The first kappa shape index (κ1) is 15.6. The van der Waals surface area contributed by atoms with Gasteiger partial charge in [-0.15, -0.1) is 11.3 Å². The Morgan fingerprint density at radius 2 is 2.00 bits per heavy atom. The molecule has 0 fully saturated rings. The first-order valence-electron chi connectivity index (χ1n) is 6.48. The molecule has 5 nitrogen and oxygen atoms in total. The smallest absolute Gasteiger partial charge is 0.362 e. The van der Waals surface area contributed by atoms with Crippen molar-refractivity contribution in [2.45, 2.75) is 18.3 Å². The minimum Gasteiger partial charge on any atom is -0.362 e. The summed E-state index contributed by atoms with van der Waals surface area (Å²) in [6.45, 7) is 0. The van der Waals surface area contributed by atoms with Crippen LogP contribution < -0.4 is 0 Å². The second kappa shape index (κ2) is 5.43. The predicted octanol–water partition coefficient (Wildman–Crippen LogP) is 2.64. The molecule has 1 aliphatic rings. The van der Waals surface area contributed by atoms with E-state index in [0.29, 0.717) is 4.88 Å². The highest BCUT2D eigenvalue weighted by Crippen LogP contribution is 2.42. The molecule has 0 radical (unpaired) electrons. The molecule has 0 saturated carbocycles. The van der Waals surface area contributed by atoms with E-state index in [1.807, 2.05) is 0 Å². The second-order valence-electron chi connectivity index (χ2n) is 4.87. The molecule has 120 valence electrons. The number of pyridine rings is 1. The maximum atomic E-state index is 13.4. The monoisotopic (exact) mass is 341 g/mol. The molecular weight excluding hydrogens is 331 g/mol. The molecule has 1 amide bonds. The predicted molar refractivity (Wildman–Crippen MR) is 76.9 cm³/mol. The molecule has 0 spiro atoms. The van der Waals surface area contributed by atoms with Crippen molar-refractivity contribution in [3.8, 4) is 0 Å². The van der Waals surface area contributed by atoms with Crippen molar-refractivity contribution in [2.75, 3.05) is 0 Å². The molecule has 23 heavy (non-hydrogen) atoms. The molecule has 3 rings (SSSR count). The number of carbonyl (C=O) groups is 1. The van der Waals surface area contributed by atoms with Gasteiger partial charge in [-0.05, 0) is 23.6 Å². The van der Waals surface area contributed by atoms with E-state index in [0.717, 1.165) is 0 Å². The Labute approximate surface area is 132 Å². The standard InChI is InChI=1S/C14H10F3N3O2S/c15-14(16,17)13(22)8-10(11-2-1-7-23-11)19-20(13)12(21)9-3-5-18-6-4-9/h1-7,22H,8H2. The number of thiophene rings is 1. The van der Waals surface area contributed by atoms with E-state index < -0.39 is 24.2 Å². The van der Waals surface area contributed by atoms with Crippen LogP contribution in [0.5, 0.6) is 0 Å². The van der Waals surface area contributed by atoms with Crippen LogP contribution in [-0.2, 0) is 0 Å². The zero-order valence-electron chi connectivity index (χ0n) is 11.5. The number of hydrogen-bond acceptors (Lipinski definition) is 5. The Bertz CT molecular complexity index is 746. The van der Waals surface area contributed by atoms with E-state index in [1.54, 1.807) is 17.5 Å². The number of halogens is 3. The van der Waals surface area contributed by atoms with Gasteiger partial charge in [-0.25, -0.2) is 0 Å². The van der Waals surface area contributed by atoms with Crippen LogP contribution in [-0.4, -0.2) is 38.6 Å². The molecule has 0 aromatic carbocycles. The molecule has 2 aromatic rings. The second-order valence-corrected chi connectivity index (χ2v) is 5.82. The van der Waals surface area contributed by atoms with Crippen LogP contribution >= 0.6 is 11.3 Å². The topological polar surface area (TPSA) is 65.8 Å². The summed E-state index contributed by atoms with van der Waals surface area (Å²) in [5.41, 5.74) is -3.40. The summed E-state index contributed by atoms with van der Waals surface area (Å²) in [7, 11) is 0. The number of aromatic nitrogens is 1. The van der Waals surface area contributed by atoms with E-state index in [-0.39, 0.29) is 16.3 Å². The van der Waals surface area contributed by atoms with Crippen molar-refractivity contribution in [1.82, 2.24) is 9.99 Å². The van der Waals surface area contributed by atoms with Gasteiger partial charge in [-0.2, -0.15) is 23.3 Å². The van der Waals surface area contributed by atoms with Gasteiger partial charge in [0.05, 0.1) is 17.0 Å². The number of hydrazone groups is 1. The number of rotatable bonds is 2. The number of amides is 1. The van der Waals surface area contributed by atoms with Gasteiger partial charge in [-0.3, -0.25) is 9.78 Å². The van der Waals surface area contributed by atoms with E-state index in [2.05, 4.69) is 10.1 Å². The van der Waals surface area contributed by atoms with Crippen molar-refractivity contribution >= 4 is 23.0 Å².